The molecule has 0 saturated carbocycles. The number of aryl methyl sites for hydroxylation is 4. The summed E-state index contributed by atoms with van der Waals surface area (Å²) in [6.07, 6.45) is 0. The first kappa shape index (κ1) is 62.5. The molecule has 12 heteroatoms. The van der Waals surface area contributed by atoms with Crippen molar-refractivity contribution in [2.75, 3.05) is 42.7 Å². The van der Waals surface area contributed by atoms with Crippen molar-refractivity contribution in [3.8, 4) is 34.5 Å². The van der Waals surface area contributed by atoms with E-state index >= 15 is 0 Å². The van der Waals surface area contributed by atoms with Crippen molar-refractivity contribution in [1.29, 1.82) is 0 Å². The fraction of sp³-hybridized carbons (Fsp3) is 0.486. The van der Waals surface area contributed by atoms with Gasteiger partial charge in [-0.05, 0) is 139 Å². The number of benzene rings is 6. The van der Waals surface area contributed by atoms with Gasteiger partial charge in [-0.3, -0.25) is 0 Å². The Morgan fingerprint density at radius 3 is 0.549 bits per heavy atom. The number of H-pyrrole nitrogens is 2. The predicted octanol–water partition coefficient (Wildman–Crippen LogP) is 17.5. The van der Waals surface area contributed by atoms with E-state index < -0.39 is 0 Å². The molecule has 1 heterocycles. The number of hydrogen-bond acceptors (Lipinski definition) is 6. The zero-order valence-corrected chi connectivity index (χ0v) is 55.2. The van der Waals surface area contributed by atoms with Gasteiger partial charge in [0.1, 0.15) is 0 Å². The van der Waals surface area contributed by atoms with Crippen LogP contribution in [0.3, 0.4) is 0 Å². The summed E-state index contributed by atoms with van der Waals surface area (Å²) in [5.74, 6) is 3.95. The van der Waals surface area contributed by atoms with E-state index in [0.717, 1.165) is 99.6 Å². The van der Waals surface area contributed by atoms with Gasteiger partial charge in [-0.15, -0.1) is 0 Å². The number of aromatic amines is 2. The van der Waals surface area contributed by atoms with Crippen LogP contribution in [0.2, 0.25) is 0 Å². The molecule has 0 atom stereocenters. The first-order valence-corrected chi connectivity index (χ1v) is 28.7. The smallest absolute Gasteiger partial charge is 0.166 e. The lowest BCUT2D eigenvalue weighted by molar-refractivity contribution is 0.414. The lowest BCUT2D eigenvalue weighted by Crippen LogP contribution is -2.15. The van der Waals surface area contributed by atoms with Crippen molar-refractivity contribution in [3.63, 3.8) is 0 Å². The van der Waals surface area contributed by atoms with Crippen LogP contribution in [0.1, 0.15) is 158 Å². The number of nitrogens with one attached hydrogen (secondary N) is 2. The zero-order valence-electron chi connectivity index (χ0n) is 55.2. The van der Waals surface area contributed by atoms with Crippen LogP contribution in [0, 0.1) is 0 Å². The highest BCUT2D eigenvalue weighted by Crippen LogP contribution is 2.43. The molecule has 0 unspecified atom stereocenters. The van der Waals surface area contributed by atoms with Gasteiger partial charge in [-0.25, -0.2) is 0 Å². The zero-order chi connectivity index (χ0) is 61.3. The Morgan fingerprint density at radius 2 is 0.378 bits per heavy atom. The summed E-state index contributed by atoms with van der Waals surface area (Å²) in [5, 5.41) is 0. The summed E-state index contributed by atoms with van der Waals surface area (Å²) in [7, 11) is 18.9. The summed E-state index contributed by atoms with van der Waals surface area (Å²) < 4.78 is 48.7. The molecule has 0 radical (unpaired) electrons. The lowest BCUT2D eigenvalue weighted by Gasteiger charge is -2.25. The van der Waals surface area contributed by atoms with E-state index in [1.807, 2.05) is 0 Å². The van der Waals surface area contributed by atoms with E-state index in [4.69, 9.17) is 28.4 Å². The van der Waals surface area contributed by atoms with E-state index in [0.29, 0.717) is 34.5 Å². The third-order valence-electron chi connectivity index (χ3n) is 16.2. The molecule has 2 N–H and O–H groups in total. The molecule has 0 spiro atoms. The highest BCUT2D eigenvalue weighted by atomic mass is 16.5. The van der Waals surface area contributed by atoms with Crippen LogP contribution in [0.15, 0.2) is 72.8 Å². The standard InChI is InChI=1S/C70H98N6O6/c1-65(2,3)41-29-47-59(77-23)48(30-41)72-50-32-43(67(7,8)9)34-52(61(50)79-25)74(20)54-36-45(69(13,14)15)38-56(63(54)81-27)76(22)58-40-46(70(16,17)18)39-57(64(58)82-28)75(21)55-37-44(68(10,11)12)35-53(62(55)80-26)73(19)51-33-42(66(4,5)6)31-49(71-47)60(51)78-24/h29-40,71-72H,1-28H3. The van der Waals surface area contributed by atoms with Crippen molar-refractivity contribution in [1.82, 2.24) is 28.2 Å². The molecule has 0 fully saturated rings. The van der Waals surface area contributed by atoms with Crippen molar-refractivity contribution < 1.29 is 28.4 Å². The Balaban J connectivity index is 2.04. The van der Waals surface area contributed by atoms with E-state index in [1.54, 1.807) is 42.7 Å². The SMILES string of the molecule is COc1c2cc(C(C)(C)C)cc1[nH]c1cc(C(C)(C)C)cc(c1OC)n(C)c1cc(C(C)(C)C)cc(c1OC)n(C)c1cc(C(C)(C)C)cc(c1OC)n(C)c1cc(C(C)(C)C)cc(c1OC)n(C)c1cc(C(C)(C)C)cc([nH]2)c1OC. The Hall–Kier alpha value is -7.08. The molecule has 0 amide bonds. The van der Waals surface area contributed by atoms with Gasteiger partial charge in [0.25, 0.3) is 0 Å². The minimum atomic E-state index is -0.273. The minimum Gasteiger partial charge on any atom is -0.492 e. The Labute approximate surface area is 489 Å². The summed E-state index contributed by atoms with van der Waals surface area (Å²) in [4.78, 5) is 7.84. The maximum absolute atomic E-state index is 6.70. The van der Waals surface area contributed by atoms with Gasteiger partial charge in [0.05, 0.1) is 109 Å². The van der Waals surface area contributed by atoms with Crippen LogP contribution in [-0.4, -0.2) is 70.9 Å². The van der Waals surface area contributed by atoms with Gasteiger partial charge in [0.15, 0.2) is 34.5 Å². The second-order valence-electron chi connectivity index (χ2n) is 28.4. The predicted molar refractivity (Wildman–Crippen MR) is 347 cm³/mol. The van der Waals surface area contributed by atoms with Crippen LogP contribution in [0.4, 0.5) is 0 Å². The number of nitrogens with zero attached hydrogens (tertiary/aromatic N) is 4. The number of ether oxygens (including phenoxy) is 6. The van der Waals surface area contributed by atoms with Crippen molar-refractivity contribution in [2.45, 2.75) is 157 Å². The number of aromatic nitrogens is 6. The molecule has 12 nitrogen and oxygen atoms in total. The first-order valence-electron chi connectivity index (χ1n) is 28.7. The molecular formula is C70H98N6O6. The third kappa shape index (κ3) is 12.1. The molecule has 6 aromatic carbocycles. The van der Waals surface area contributed by atoms with Gasteiger partial charge < -0.3 is 56.7 Å². The topological polar surface area (TPSA) is 107 Å². The summed E-state index contributed by atoms with van der Waals surface area (Å²) in [6.45, 7) is 40.4. The quantitative estimate of drug-likeness (QED) is 0.172. The summed E-state index contributed by atoms with van der Waals surface area (Å²) >= 11 is 0. The molecule has 7 rings (SSSR count). The average molecular weight is 1120 g/mol. The number of methoxy groups -OCH3 is 6. The Kier molecular flexibility index (Phi) is 17.0. The molecule has 7 aromatic rings. The van der Waals surface area contributed by atoms with Crippen LogP contribution in [0.25, 0.3) is 66.2 Å². The normalized spacial score (nSPS) is 12.6. The van der Waals surface area contributed by atoms with Crippen molar-refractivity contribution in [3.05, 3.63) is 106 Å². The molecule has 0 saturated heterocycles. The van der Waals surface area contributed by atoms with Gasteiger partial charge in [0.2, 0.25) is 0 Å². The highest BCUT2D eigenvalue weighted by molar-refractivity contribution is 5.90. The average Bonchev–Trinajstić information content (AvgIpc) is 3.38. The van der Waals surface area contributed by atoms with Crippen LogP contribution in [0.5, 0.6) is 34.5 Å². The second-order valence-corrected chi connectivity index (χ2v) is 28.4. The molecule has 0 aliphatic rings. The van der Waals surface area contributed by atoms with Crippen molar-refractivity contribution in [2.24, 2.45) is 28.2 Å². The molecular weight excluding hydrogens is 1020 g/mol. The lowest BCUT2D eigenvalue weighted by atomic mass is 9.86. The van der Waals surface area contributed by atoms with E-state index in [1.165, 1.54) is 0 Å². The molecule has 12 bridgehead atoms. The van der Waals surface area contributed by atoms with Crippen LogP contribution < -0.4 is 28.4 Å². The largest absolute Gasteiger partial charge is 0.492 e. The number of hydrogen-bond donors (Lipinski definition) is 2. The second kappa shape index (κ2) is 22.2. The first-order chi connectivity index (χ1) is 37.8. The van der Waals surface area contributed by atoms with Crippen LogP contribution in [-0.2, 0) is 60.7 Å². The molecule has 82 heavy (non-hydrogen) atoms. The molecule has 0 aliphatic carbocycles. The van der Waals surface area contributed by atoms with Crippen LogP contribution >= 0.6 is 0 Å². The van der Waals surface area contributed by atoms with Gasteiger partial charge in [0, 0.05) is 28.2 Å². The number of rotatable bonds is 6. The molecule has 0 aliphatic heterocycles. The van der Waals surface area contributed by atoms with Crippen molar-refractivity contribution >= 4 is 66.2 Å². The molecule has 1 aromatic heterocycles. The van der Waals surface area contributed by atoms with Gasteiger partial charge >= 0.3 is 0 Å². The van der Waals surface area contributed by atoms with E-state index in [9.17, 15) is 0 Å². The highest BCUT2D eigenvalue weighted by Gasteiger charge is 2.26. The summed E-state index contributed by atoms with van der Waals surface area (Å²) in [6, 6.07) is 26.8. The van der Waals surface area contributed by atoms with Gasteiger partial charge in [-0.1, -0.05) is 125 Å². The Bertz CT molecular complexity index is 3700. The minimum absolute atomic E-state index is 0.272. The third-order valence-corrected chi connectivity index (χ3v) is 16.2. The maximum Gasteiger partial charge on any atom is 0.166 e. The Morgan fingerprint density at radius 1 is 0.232 bits per heavy atom. The monoisotopic (exact) mass is 1120 g/mol. The van der Waals surface area contributed by atoms with E-state index in [2.05, 4.69) is 254 Å². The fourth-order valence-corrected chi connectivity index (χ4v) is 10.7. The maximum atomic E-state index is 6.70. The number of fused-ring (bicyclic) bond motifs is 12. The summed E-state index contributed by atoms with van der Waals surface area (Å²) in [5.41, 5.74) is 14.9. The van der Waals surface area contributed by atoms with E-state index in [-0.39, 0.29) is 32.5 Å². The fourth-order valence-electron chi connectivity index (χ4n) is 10.7. The van der Waals surface area contributed by atoms with Gasteiger partial charge in [-0.2, -0.15) is 0 Å². The molecule has 444 valence electrons.